The highest BCUT2D eigenvalue weighted by atomic mass is 35.5. The van der Waals surface area contributed by atoms with Crippen molar-refractivity contribution in [1.29, 1.82) is 0 Å². The number of carbonyl (C=O) groups is 1. The van der Waals surface area contributed by atoms with Gasteiger partial charge in [0.15, 0.2) is 0 Å². The third kappa shape index (κ3) is 3.97. The molecule has 3 aromatic rings. The quantitative estimate of drug-likeness (QED) is 0.632. The van der Waals surface area contributed by atoms with Gasteiger partial charge in [-0.3, -0.25) is 4.79 Å². The van der Waals surface area contributed by atoms with Crippen LogP contribution in [0.2, 0.25) is 5.02 Å². The lowest BCUT2D eigenvalue weighted by molar-refractivity contribution is -0.131. The minimum atomic E-state index is -0.0550. The van der Waals surface area contributed by atoms with E-state index in [0.29, 0.717) is 22.4 Å². The summed E-state index contributed by atoms with van der Waals surface area (Å²) in [5.41, 5.74) is 2.60. The summed E-state index contributed by atoms with van der Waals surface area (Å²) < 4.78 is 5.74. The van der Waals surface area contributed by atoms with Crippen LogP contribution in [0.1, 0.15) is 30.0 Å². The number of oxazole rings is 1. The fourth-order valence-electron chi connectivity index (χ4n) is 2.75. The van der Waals surface area contributed by atoms with Crippen LogP contribution in [0.25, 0.3) is 11.5 Å². The molecule has 1 unspecified atom stereocenters. The molecule has 0 fully saturated rings. The van der Waals surface area contributed by atoms with Gasteiger partial charge in [0.1, 0.15) is 5.76 Å². The van der Waals surface area contributed by atoms with E-state index in [1.807, 2.05) is 68.4 Å². The first-order chi connectivity index (χ1) is 12.5. The van der Waals surface area contributed by atoms with Crippen LogP contribution < -0.4 is 0 Å². The number of aryl methyl sites for hydroxylation is 1. The Morgan fingerprint density at radius 1 is 1.15 bits per heavy atom. The van der Waals surface area contributed by atoms with E-state index in [9.17, 15) is 4.79 Å². The van der Waals surface area contributed by atoms with Crippen LogP contribution in [-0.4, -0.2) is 22.8 Å². The van der Waals surface area contributed by atoms with Gasteiger partial charge in [0.2, 0.25) is 11.8 Å². The summed E-state index contributed by atoms with van der Waals surface area (Å²) in [6, 6.07) is 17.2. The minimum Gasteiger partial charge on any atom is -0.441 e. The van der Waals surface area contributed by atoms with E-state index in [1.165, 1.54) is 0 Å². The smallest absolute Gasteiger partial charge is 0.228 e. The SMILES string of the molecule is Cc1oc(-c2ccccc2)nc1CC(=O)N(C)C(C)c1ccc(Cl)cc1. The second kappa shape index (κ2) is 7.75. The Labute approximate surface area is 158 Å². The van der Waals surface area contributed by atoms with E-state index >= 15 is 0 Å². The third-order valence-corrected chi connectivity index (χ3v) is 4.81. The number of nitrogens with zero attached hydrogens (tertiary/aromatic N) is 2. The molecule has 4 nitrogen and oxygen atoms in total. The summed E-state index contributed by atoms with van der Waals surface area (Å²) >= 11 is 5.94. The average molecular weight is 369 g/mol. The molecule has 5 heteroatoms. The minimum absolute atomic E-state index is 0.0107. The molecule has 1 amide bonds. The monoisotopic (exact) mass is 368 g/mol. The highest BCUT2D eigenvalue weighted by Gasteiger charge is 2.21. The van der Waals surface area contributed by atoms with Crippen molar-refractivity contribution >= 4 is 17.5 Å². The average Bonchev–Trinajstić information content (AvgIpc) is 3.02. The molecule has 0 spiro atoms. The van der Waals surface area contributed by atoms with Crippen molar-refractivity contribution in [3.63, 3.8) is 0 Å². The maximum atomic E-state index is 12.7. The summed E-state index contributed by atoms with van der Waals surface area (Å²) in [7, 11) is 1.80. The summed E-state index contributed by atoms with van der Waals surface area (Å²) in [6.07, 6.45) is 0.205. The zero-order valence-electron chi connectivity index (χ0n) is 15.1. The van der Waals surface area contributed by atoms with E-state index in [1.54, 1.807) is 11.9 Å². The standard InChI is InChI=1S/C21H21ClN2O2/c1-14(16-9-11-18(22)12-10-16)24(3)20(25)13-19-15(2)26-21(23-19)17-7-5-4-6-8-17/h4-12,14H,13H2,1-3H3. The molecule has 26 heavy (non-hydrogen) atoms. The summed E-state index contributed by atoms with van der Waals surface area (Å²) in [5.74, 6) is 1.20. The number of hydrogen-bond acceptors (Lipinski definition) is 3. The first-order valence-corrected chi connectivity index (χ1v) is 8.86. The van der Waals surface area contributed by atoms with E-state index < -0.39 is 0 Å². The van der Waals surface area contributed by atoms with Gasteiger partial charge in [-0.2, -0.15) is 0 Å². The van der Waals surface area contributed by atoms with Gasteiger partial charge in [-0.15, -0.1) is 0 Å². The van der Waals surface area contributed by atoms with Gasteiger partial charge in [0.25, 0.3) is 0 Å². The number of hydrogen-bond donors (Lipinski definition) is 0. The summed E-state index contributed by atoms with van der Waals surface area (Å²) in [4.78, 5) is 18.9. The van der Waals surface area contributed by atoms with Gasteiger partial charge in [-0.25, -0.2) is 4.98 Å². The van der Waals surface area contributed by atoms with Crippen molar-refractivity contribution in [3.8, 4) is 11.5 Å². The van der Waals surface area contributed by atoms with Gasteiger partial charge < -0.3 is 9.32 Å². The van der Waals surface area contributed by atoms with E-state index in [0.717, 1.165) is 11.1 Å². The molecule has 0 aliphatic carbocycles. The lowest BCUT2D eigenvalue weighted by Crippen LogP contribution is -2.31. The Kier molecular flexibility index (Phi) is 5.43. The fourth-order valence-corrected chi connectivity index (χ4v) is 2.87. The summed E-state index contributed by atoms with van der Waals surface area (Å²) in [5, 5.41) is 0.682. The third-order valence-electron chi connectivity index (χ3n) is 4.56. The molecule has 0 N–H and O–H groups in total. The maximum absolute atomic E-state index is 12.7. The molecule has 134 valence electrons. The van der Waals surface area contributed by atoms with Crippen LogP contribution >= 0.6 is 11.6 Å². The predicted molar refractivity (Wildman–Crippen MR) is 103 cm³/mol. The number of carbonyl (C=O) groups excluding carboxylic acids is 1. The Bertz CT molecular complexity index is 888. The van der Waals surface area contributed by atoms with Crippen molar-refractivity contribution in [2.75, 3.05) is 7.05 Å². The number of amides is 1. The number of aromatic nitrogens is 1. The van der Waals surface area contributed by atoms with Gasteiger partial charge >= 0.3 is 0 Å². The Hall–Kier alpha value is -2.59. The van der Waals surface area contributed by atoms with Crippen LogP contribution in [0.4, 0.5) is 0 Å². The van der Waals surface area contributed by atoms with E-state index in [-0.39, 0.29) is 18.4 Å². The van der Waals surface area contributed by atoms with Crippen molar-refractivity contribution in [1.82, 2.24) is 9.88 Å². The van der Waals surface area contributed by atoms with Gasteiger partial charge in [-0.05, 0) is 43.7 Å². The predicted octanol–water partition coefficient (Wildman–Crippen LogP) is 5.07. The normalized spacial score (nSPS) is 12.0. The van der Waals surface area contributed by atoms with Crippen LogP contribution in [0, 0.1) is 6.92 Å². The second-order valence-corrected chi connectivity index (χ2v) is 6.73. The highest BCUT2D eigenvalue weighted by Crippen LogP contribution is 2.24. The van der Waals surface area contributed by atoms with Gasteiger partial charge in [0, 0.05) is 17.6 Å². The molecule has 1 heterocycles. The number of rotatable bonds is 5. The van der Waals surface area contributed by atoms with Gasteiger partial charge in [-0.1, -0.05) is 41.9 Å². The first kappa shape index (κ1) is 18.2. The summed E-state index contributed by atoms with van der Waals surface area (Å²) in [6.45, 7) is 3.83. The Morgan fingerprint density at radius 3 is 2.46 bits per heavy atom. The Morgan fingerprint density at radius 2 is 1.81 bits per heavy atom. The fraction of sp³-hybridized carbons (Fsp3) is 0.238. The highest BCUT2D eigenvalue weighted by molar-refractivity contribution is 6.30. The Balaban J connectivity index is 1.73. The van der Waals surface area contributed by atoms with E-state index in [4.69, 9.17) is 16.0 Å². The topological polar surface area (TPSA) is 46.3 Å². The largest absolute Gasteiger partial charge is 0.441 e. The zero-order chi connectivity index (χ0) is 18.7. The van der Waals surface area contributed by atoms with Crippen LogP contribution in [0.15, 0.2) is 59.0 Å². The molecule has 2 aromatic carbocycles. The van der Waals surface area contributed by atoms with Crippen molar-refractivity contribution in [2.24, 2.45) is 0 Å². The van der Waals surface area contributed by atoms with Crippen LogP contribution in [0.3, 0.4) is 0 Å². The van der Waals surface area contributed by atoms with E-state index in [2.05, 4.69) is 4.98 Å². The molecule has 0 saturated heterocycles. The molecule has 0 bridgehead atoms. The maximum Gasteiger partial charge on any atom is 0.228 e. The molecule has 0 aliphatic heterocycles. The first-order valence-electron chi connectivity index (χ1n) is 8.48. The number of benzene rings is 2. The molecular formula is C21H21ClN2O2. The lowest BCUT2D eigenvalue weighted by Gasteiger charge is -2.25. The van der Waals surface area contributed by atoms with Crippen molar-refractivity contribution in [2.45, 2.75) is 26.3 Å². The zero-order valence-corrected chi connectivity index (χ0v) is 15.8. The molecule has 0 aliphatic rings. The van der Waals surface area contributed by atoms with Crippen LogP contribution in [-0.2, 0) is 11.2 Å². The molecule has 0 radical (unpaired) electrons. The molecule has 3 rings (SSSR count). The van der Waals surface area contributed by atoms with Gasteiger partial charge in [0.05, 0.1) is 18.2 Å². The lowest BCUT2D eigenvalue weighted by atomic mass is 10.1. The number of halogens is 1. The molecule has 1 atom stereocenters. The molecular weight excluding hydrogens is 348 g/mol. The molecule has 0 saturated carbocycles. The van der Waals surface area contributed by atoms with Crippen LogP contribution in [0.5, 0.6) is 0 Å². The van der Waals surface area contributed by atoms with Crippen molar-refractivity contribution in [3.05, 3.63) is 76.6 Å². The molecule has 1 aromatic heterocycles. The van der Waals surface area contributed by atoms with Crippen molar-refractivity contribution < 1.29 is 9.21 Å². The second-order valence-electron chi connectivity index (χ2n) is 6.30. The number of likely N-dealkylation sites (N-methyl/N-ethyl adjacent to an activating group) is 1.